The summed E-state index contributed by atoms with van der Waals surface area (Å²) in [7, 11) is 0.280. The van der Waals surface area contributed by atoms with E-state index in [2.05, 4.69) is 18.5 Å². The summed E-state index contributed by atoms with van der Waals surface area (Å²) < 4.78 is 33.3. The molecule has 0 unspecified atom stereocenters. The minimum Gasteiger partial charge on any atom is -0.378 e. The van der Waals surface area contributed by atoms with E-state index in [-0.39, 0.29) is 17.0 Å². The quantitative estimate of drug-likeness (QED) is 0.310. The van der Waals surface area contributed by atoms with Crippen LogP contribution in [-0.2, 0) is 14.8 Å². The molecule has 0 N–H and O–H groups in total. The van der Waals surface area contributed by atoms with E-state index in [0.717, 1.165) is 51.8 Å². The van der Waals surface area contributed by atoms with Gasteiger partial charge < -0.3 is 9.64 Å². The van der Waals surface area contributed by atoms with Gasteiger partial charge in [-0.25, -0.2) is 8.42 Å². The molecule has 0 spiro atoms. The number of hydrogen-bond acceptors (Lipinski definition) is 4. The fraction of sp³-hybridized carbons (Fsp3) is 0.652. The molecule has 1 saturated carbocycles. The average molecular weight is 457 g/mol. The van der Waals surface area contributed by atoms with Crippen LogP contribution in [-0.4, -0.2) is 63.6 Å². The van der Waals surface area contributed by atoms with Crippen LogP contribution in [0.1, 0.15) is 51.4 Å². The molecule has 5 nitrogen and oxygen atoms in total. The van der Waals surface area contributed by atoms with E-state index in [0.29, 0.717) is 5.02 Å². The lowest BCUT2D eigenvalue weighted by molar-refractivity contribution is 0.0156. The van der Waals surface area contributed by atoms with Crippen LogP contribution in [0.5, 0.6) is 0 Å². The molecule has 170 valence electrons. The first-order valence-corrected chi connectivity index (χ1v) is 12.8. The second-order valence-corrected chi connectivity index (χ2v) is 10.7. The predicted molar refractivity (Wildman–Crippen MR) is 125 cm³/mol. The lowest BCUT2D eigenvalue weighted by Gasteiger charge is -2.34. The van der Waals surface area contributed by atoms with Crippen LogP contribution in [0, 0.1) is 0 Å². The zero-order valence-electron chi connectivity index (χ0n) is 18.4. The van der Waals surface area contributed by atoms with Crippen LogP contribution in [0.4, 0.5) is 0 Å². The Kier molecular flexibility index (Phi) is 10.8. The van der Waals surface area contributed by atoms with Crippen molar-refractivity contribution in [3.63, 3.8) is 0 Å². The third-order valence-corrected chi connectivity index (χ3v) is 8.00. The number of sulfonamides is 1. The molecule has 0 aliphatic heterocycles. The number of hydrogen-bond donors (Lipinski definition) is 0. The van der Waals surface area contributed by atoms with Gasteiger partial charge in [-0.1, -0.05) is 36.6 Å². The lowest BCUT2D eigenvalue weighted by Crippen LogP contribution is -2.40. The molecule has 1 aliphatic rings. The highest BCUT2D eigenvalue weighted by atomic mass is 35.5. The van der Waals surface area contributed by atoms with Gasteiger partial charge in [0.15, 0.2) is 0 Å². The fourth-order valence-corrected chi connectivity index (χ4v) is 5.68. The third-order valence-electron chi connectivity index (χ3n) is 5.86. The Morgan fingerprint density at radius 3 is 2.50 bits per heavy atom. The van der Waals surface area contributed by atoms with Crippen LogP contribution in [0.3, 0.4) is 0 Å². The van der Waals surface area contributed by atoms with Gasteiger partial charge in [-0.05, 0) is 70.3 Å². The Labute approximate surface area is 188 Å². The number of rotatable bonds is 13. The molecule has 1 aromatic carbocycles. The van der Waals surface area contributed by atoms with E-state index in [1.807, 2.05) is 6.08 Å². The number of halogens is 1. The summed E-state index contributed by atoms with van der Waals surface area (Å²) in [6.07, 6.45) is 10.4. The van der Waals surface area contributed by atoms with Crippen LogP contribution < -0.4 is 0 Å². The van der Waals surface area contributed by atoms with Crippen LogP contribution in [0.2, 0.25) is 5.02 Å². The van der Waals surface area contributed by atoms with E-state index < -0.39 is 10.0 Å². The lowest BCUT2D eigenvalue weighted by atomic mass is 9.93. The summed E-state index contributed by atoms with van der Waals surface area (Å²) >= 11 is 5.97. The third kappa shape index (κ3) is 7.97. The van der Waals surface area contributed by atoms with E-state index in [4.69, 9.17) is 16.3 Å². The highest BCUT2D eigenvalue weighted by Gasteiger charge is 2.31. The smallest absolute Gasteiger partial charge is 0.243 e. The van der Waals surface area contributed by atoms with Gasteiger partial charge in [-0.2, -0.15) is 4.31 Å². The molecule has 1 fully saturated rings. The molecule has 1 aliphatic carbocycles. The van der Waals surface area contributed by atoms with Gasteiger partial charge in [0, 0.05) is 31.3 Å². The minimum absolute atomic E-state index is 0.0152. The van der Waals surface area contributed by atoms with Crippen molar-refractivity contribution in [2.24, 2.45) is 0 Å². The monoisotopic (exact) mass is 456 g/mol. The Balaban J connectivity index is 1.64. The topological polar surface area (TPSA) is 49.9 Å². The molecule has 2 rings (SSSR count). The molecule has 0 amide bonds. The van der Waals surface area contributed by atoms with Gasteiger partial charge in [0.05, 0.1) is 11.0 Å². The van der Waals surface area contributed by atoms with Crippen molar-refractivity contribution in [3.8, 4) is 0 Å². The highest BCUT2D eigenvalue weighted by Crippen LogP contribution is 2.29. The Morgan fingerprint density at radius 1 is 1.13 bits per heavy atom. The van der Waals surface area contributed by atoms with Gasteiger partial charge in [0.25, 0.3) is 0 Å². The van der Waals surface area contributed by atoms with Crippen molar-refractivity contribution >= 4 is 21.6 Å². The average Bonchev–Trinajstić information content (AvgIpc) is 2.73. The van der Waals surface area contributed by atoms with Crippen molar-refractivity contribution in [2.75, 3.05) is 33.8 Å². The summed E-state index contributed by atoms with van der Waals surface area (Å²) in [5, 5.41) is 0.436. The van der Waals surface area contributed by atoms with Crippen molar-refractivity contribution in [3.05, 3.63) is 41.9 Å². The highest BCUT2D eigenvalue weighted by molar-refractivity contribution is 7.89. The molecule has 0 radical (unpaired) electrons. The SMILES string of the molecule is C=CCN(C)CCCCCCO[C@H]1CC[C@H](N(C)S(=O)(=O)c2cccc(Cl)c2)CC1. The molecule has 7 heteroatoms. The zero-order valence-corrected chi connectivity index (χ0v) is 20.0. The molecule has 0 saturated heterocycles. The maximum atomic E-state index is 12.9. The largest absolute Gasteiger partial charge is 0.378 e. The van der Waals surface area contributed by atoms with Gasteiger partial charge >= 0.3 is 0 Å². The number of unbranched alkanes of at least 4 members (excludes halogenated alkanes) is 3. The molecule has 0 aromatic heterocycles. The Bertz CT molecular complexity index is 749. The van der Waals surface area contributed by atoms with Gasteiger partial charge in [0.1, 0.15) is 0 Å². The van der Waals surface area contributed by atoms with Crippen LogP contribution >= 0.6 is 11.6 Å². The van der Waals surface area contributed by atoms with Crippen LogP contribution in [0.15, 0.2) is 41.8 Å². The summed E-state index contributed by atoms with van der Waals surface area (Å²) in [6.45, 7) is 6.62. The van der Waals surface area contributed by atoms with E-state index in [9.17, 15) is 8.42 Å². The number of nitrogens with zero attached hydrogens (tertiary/aromatic N) is 2. The van der Waals surface area contributed by atoms with Gasteiger partial charge in [-0.15, -0.1) is 6.58 Å². The zero-order chi connectivity index (χ0) is 22.0. The first-order valence-electron chi connectivity index (χ1n) is 11.0. The first-order chi connectivity index (χ1) is 14.3. The molecule has 0 bridgehead atoms. The number of likely N-dealkylation sites (N-methyl/N-ethyl adjacent to an activating group) is 1. The second-order valence-electron chi connectivity index (χ2n) is 8.25. The number of benzene rings is 1. The fourth-order valence-electron chi connectivity index (χ4n) is 3.96. The Morgan fingerprint density at radius 2 is 1.83 bits per heavy atom. The van der Waals surface area contributed by atoms with Crippen molar-refractivity contribution in [1.29, 1.82) is 0 Å². The summed E-state index contributed by atoms with van der Waals surface area (Å²) in [5.41, 5.74) is 0. The molecular weight excluding hydrogens is 420 g/mol. The molecule has 30 heavy (non-hydrogen) atoms. The molecular formula is C23H37ClN2O3S. The van der Waals surface area contributed by atoms with E-state index >= 15 is 0 Å². The van der Waals surface area contributed by atoms with E-state index in [1.165, 1.54) is 29.6 Å². The predicted octanol–water partition coefficient (Wildman–Crippen LogP) is 4.97. The first kappa shape index (κ1) is 25.3. The second kappa shape index (κ2) is 12.8. The number of ether oxygens (including phenoxy) is 1. The van der Waals surface area contributed by atoms with Gasteiger partial charge in [0.2, 0.25) is 10.0 Å². The summed E-state index contributed by atoms with van der Waals surface area (Å²) in [6, 6.07) is 6.49. The van der Waals surface area contributed by atoms with E-state index in [1.54, 1.807) is 25.2 Å². The molecule has 0 heterocycles. The Hall–Kier alpha value is -0.920. The molecule has 1 aromatic rings. The standard InChI is InChI=1S/C23H37ClN2O3S/c1-4-16-25(2)17-7-5-6-8-18-29-22-14-12-21(13-15-22)26(3)30(27,28)23-11-9-10-20(24)19-23/h4,9-11,19,21-22H,1,5-8,12-18H2,2-3H3/t21-,22-. The summed E-state index contributed by atoms with van der Waals surface area (Å²) in [5.74, 6) is 0. The maximum Gasteiger partial charge on any atom is 0.243 e. The maximum absolute atomic E-state index is 12.9. The normalized spacial score (nSPS) is 20.0. The van der Waals surface area contributed by atoms with Crippen molar-refractivity contribution in [1.82, 2.24) is 9.21 Å². The molecule has 0 atom stereocenters. The minimum atomic E-state index is -3.52. The van der Waals surface area contributed by atoms with Gasteiger partial charge in [-0.3, -0.25) is 0 Å². The van der Waals surface area contributed by atoms with Crippen molar-refractivity contribution in [2.45, 2.75) is 68.4 Å². The van der Waals surface area contributed by atoms with Crippen LogP contribution in [0.25, 0.3) is 0 Å². The summed E-state index contributed by atoms with van der Waals surface area (Å²) in [4.78, 5) is 2.54. The van der Waals surface area contributed by atoms with Crippen molar-refractivity contribution < 1.29 is 13.2 Å².